The summed E-state index contributed by atoms with van der Waals surface area (Å²) in [6, 6.07) is 0. The van der Waals surface area contributed by atoms with Gasteiger partial charge in [0.1, 0.15) is 0 Å². The minimum absolute atomic E-state index is 0.0642. The summed E-state index contributed by atoms with van der Waals surface area (Å²) in [6.07, 6.45) is 14.0. The molecule has 0 radical (unpaired) electrons. The molecule has 0 aliphatic heterocycles. The van der Waals surface area contributed by atoms with Crippen molar-refractivity contribution in [3.05, 3.63) is 0 Å². The summed E-state index contributed by atoms with van der Waals surface area (Å²) in [5.74, 6) is 2.09. The minimum Gasteiger partial charge on any atom is -0.469 e. The summed E-state index contributed by atoms with van der Waals surface area (Å²) in [4.78, 5) is 10.9. The van der Waals surface area contributed by atoms with E-state index in [0.29, 0.717) is 6.42 Å². The first-order valence-electron chi connectivity index (χ1n) is 7.84. The zero-order valence-electron chi connectivity index (χ0n) is 12.2. The zero-order chi connectivity index (χ0) is 13.2. The van der Waals surface area contributed by atoms with Crippen LogP contribution in [0.2, 0.25) is 0 Å². The molecule has 2 atom stereocenters. The normalized spacial score (nSPS) is 21.9. The predicted molar refractivity (Wildman–Crippen MR) is 75.5 cm³/mol. The first-order chi connectivity index (χ1) is 8.77. The molecule has 1 aliphatic rings. The van der Waals surface area contributed by atoms with Gasteiger partial charge in [-0.3, -0.25) is 4.79 Å². The van der Waals surface area contributed by atoms with E-state index >= 15 is 0 Å². The van der Waals surface area contributed by atoms with Gasteiger partial charge in [0.2, 0.25) is 0 Å². The fourth-order valence-electron chi connectivity index (χ4n) is 2.87. The molecule has 0 spiro atoms. The van der Waals surface area contributed by atoms with E-state index in [0.717, 1.165) is 18.3 Å². The fraction of sp³-hybridized carbons (Fsp3) is 0.938. The SMILES string of the molecule is CCCC1CC1CCCCCCCCC(=O)OC. The molecule has 1 rings (SSSR count). The maximum atomic E-state index is 10.9. The van der Waals surface area contributed by atoms with Crippen molar-refractivity contribution in [2.75, 3.05) is 7.11 Å². The quantitative estimate of drug-likeness (QED) is 0.394. The molecule has 2 nitrogen and oxygen atoms in total. The lowest BCUT2D eigenvalue weighted by Crippen LogP contribution is -1.99. The molecule has 0 N–H and O–H groups in total. The van der Waals surface area contributed by atoms with Crippen LogP contribution in [0.3, 0.4) is 0 Å². The third-order valence-corrected chi connectivity index (χ3v) is 4.16. The Kier molecular flexibility index (Phi) is 8.11. The molecule has 1 aliphatic carbocycles. The number of methoxy groups -OCH3 is 1. The maximum Gasteiger partial charge on any atom is 0.305 e. The largest absolute Gasteiger partial charge is 0.469 e. The highest BCUT2D eigenvalue weighted by atomic mass is 16.5. The minimum atomic E-state index is -0.0642. The fourth-order valence-corrected chi connectivity index (χ4v) is 2.87. The topological polar surface area (TPSA) is 26.3 Å². The second-order valence-corrected chi connectivity index (χ2v) is 5.78. The molecule has 106 valence electrons. The van der Waals surface area contributed by atoms with Gasteiger partial charge >= 0.3 is 5.97 Å². The van der Waals surface area contributed by atoms with Crippen LogP contribution in [0, 0.1) is 11.8 Å². The van der Waals surface area contributed by atoms with Gasteiger partial charge in [-0.1, -0.05) is 58.3 Å². The number of unbranched alkanes of at least 4 members (excludes halogenated alkanes) is 5. The van der Waals surface area contributed by atoms with Crippen LogP contribution in [-0.4, -0.2) is 13.1 Å². The van der Waals surface area contributed by atoms with Crippen LogP contribution < -0.4 is 0 Å². The summed E-state index contributed by atoms with van der Waals surface area (Å²) in [6.45, 7) is 2.30. The molecule has 0 aromatic heterocycles. The van der Waals surface area contributed by atoms with E-state index in [1.165, 1.54) is 64.9 Å². The van der Waals surface area contributed by atoms with Gasteiger partial charge in [0.05, 0.1) is 7.11 Å². The molecule has 0 bridgehead atoms. The molecule has 2 heteroatoms. The van der Waals surface area contributed by atoms with Crippen molar-refractivity contribution in [3.63, 3.8) is 0 Å². The van der Waals surface area contributed by atoms with E-state index in [1.807, 2.05) is 0 Å². The molecule has 0 heterocycles. The average molecular weight is 254 g/mol. The van der Waals surface area contributed by atoms with Gasteiger partial charge < -0.3 is 4.74 Å². The van der Waals surface area contributed by atoms with Crippen LogP contribution in [0.25, 0.3) is 0 Å². The lowest BCUT2D eigenvalue weighted by atomic mass is 10.1. The Morgan fingerprint density at radius 2 is 1.61 bits per heavy atom. The summed E-state index contributed by atoms with van der Waals surface area (Å²) >= 11 is 0. The number of rotatable bonds is 11. The van der Waals surface area contributed by atoms with Crippen LogP contribution in [0.15, 0.2) is 0 Å². The van der Waals surface area contributed by atoms with Crippen LogP contribution in [0.5, 0.6) is 0 Å². The van der Waals surface area contributed by atoms with Crippen molar-refractivity contribution in [1.29, 1.82) is 0 Å². The molecule has 2 unspecified atom stereocenters. The van der Waals surface area contributed by atoms with Crippen molar-refractivity contribution >= 4 is 5.97 Å². The number of carbonyl (C=O) groups excluding carboxylic acids is 1. The van der Waals surface area contributed by atoms with Gasteiger partial charge in [0, 0.05) is 6.42 Å². The number of carbonyl (C=O) groups is 1. The average Bonchev–Trinajstić information content (AvgIpc) is 3.11. The van der Waals surface area contributed by atoms with Gasteiger partial charge in [-0.2, -0.15) is 0 Å². The lowest BCUT2D eigenvalue weighted by Gasteiger charge is -2.02. The molecule has 1 fully saturated rings. The Labute approximate surface area is 112 Å². The Morgan fingerprint density at radius 3 is 2.28 bits per heavy atom. The molecule has 0 aromatic carbocycles. The monoisotopic (exact) mass is 254 g/mol. The Bertz CT molecular complexity index is 225. The molecular formula is C16H30O2. The van der Waals surface area contributed by atoms with E-state index in [4.69, 9.17) is 0 Å². The van der Waals surface area contributed by atoms with Crippen molar-refractivity contribution in [1.82, 2.24) is 0 Å². The third kappa shape index (κ3) is 7.03. The summed E-state index contributed by atoms with van der Waals surface area (Å²) in [5.41, 5.74) is 0. The summed E-state index contributed by atoms with van der Waals surface area (Å²) in [5, 5.41) is 0. The Morgan fingerprint density at radius 1 is 1.00 bits per heavy atom. The van der Waals surface area contributed by atoms with Gasteiger partial charge in [0.15, 0.2) is 0 Å². The number of ether oxygens (including phenoxy) is 1. The van der Waals surface area contributed by atoms with Gasteiger partial charge in [0.25, 0.3) is 0 Å². The number of esters is 1. The first kappa shape index (κ1) is 15.5. The lowest BCUT2D eigenvalue weighted by molar-refractivity contribution is -0.140. The number of hydrogen-bond acceptors (Lipinski definition) is 2. The Balaban J connectivity index is 1.76. The molecule has 0 aromatic rings. The van der Waals surface area contributed by atoms with Crippen LogP contribution in [0.4, 0.5) is 0 Å². The predicted octanol–water partition coefficient (Wildman–Crippen LogP) is 4.72. The van der Waals surface area contributed by atoms with Crippen molar-refractivity contribution in [2.24, 2.45) is 11.8 Å². The summed E-state index contributed by atoms with van der Waals surface area (Å²) in [7, 11) is 1.46. The maximum absolute atomic E-state index is 10.9. The molecule has 1 saturated carbocycles. The molecule has 0 amide bonds. The zero-order valence-corrected chi connectivity index (χ0v) is 12.2. The van der Waals surface area contributed by atoms with E-state index in [2.05, 4.69) is 11.7 Å². The standard InChI is InChI=1S/C16H30O2/c1-3-10-14-13-15(14)11-8-6-4-5-7-9-12-16(17)18-2/h14-15H,3-13H2,1-2H3. The van der Waals surface area contributed by atoms with Crippen molar-refractivity contribution in [2.45, 2.75) is 77.6 Å². The van der Waals surface area contributed by atoms with Gasteiger partial charge in [-0.15, -0.1) is 0 Å². The molecule has 18 heavy (non-hydrogen) atoms. The highest BCUT2D eigenvalue weighted by Crippen LogP contribution is 2.45. The van der Waals surface area contributed by atoms with Gasteiger partial charge in [-0.25, -0.2) is 0 Å². The highest BCUT2D eigenvalue weighted by molar-refractivity contribution is 5.68. The second kappa shape index (κ2) is 9.41. The van der Waals surface area contributed by atoms with E-state index in [1.54, 1.807) is 0 Å². The Hall–Kier alpha value is -0.530. The number of hydrogen-bond donors (Lipinski definition) is 0. The first-order valence-corrected chi connectivity index (χ1v) is 7.84. The molecular weight excluding hydrogens is 224 g/mol. The van der Waals surface area contributed by atoms with E-state index in [9.17, 15) is 4.79 Å². The van der Waals surface area contributed by atoms with E-state index in [-0.39, 0.29) is 5.97 Å². The third-order valence-electron chi connectivity index (χ3n) is 4.16. The van der Waals surface area contributed by atoms with Gasteiger partial charge in [-0.05, 0) is 24.7 Å². The molecule has 0 saturated heterocycles. The van der Waals surface area contributed by atoms with Crippen LogP contribution in [-0.2, 0) is 9.53 Å². The summed E-state index contributed by atoms with van der Waals surface area (Å²) < 4.78 is 4.62. The van der Waals surface area contributed by atoms with Crippen LogP contribution in [0.1, 0.15) is 77.6 Å². The van der Waals surface area contributed by atoms with Crippen molar-refractivity contribution < 1.29 is 9.53 Å². The van der Waals surface area contributed by atoms with E-state index < -0.39 is 0 Å². The van der Waals surface area contributed by atoms with Crippen molar-refractivity contribution in [3.8, 4) is 0 Å². The highest BCUT2D eigenvalue weighted by Gasteiger charge is 2.34. The van der Waals surface area contributed by atoms with Crippen LogP contribution >= 0.6 is 0 Å². The smallest absolute Gasteiger partial charge is 0.305 e. The second-order valence-electron chi connectivity index (χ2n) is 5.78.